The Morgan fingerprint density at radius 3 is 2.59 bits per heavy atom. The molecule has 4 nitrogen and oxygen atoms in total. The maximum atomic E-state index is 13.2. The van der Waals surface area contributed by atoms with Gasteiger partial charge in [0.05, 0.1) is 5.57 Å². The number of hydrogen-bond acceptors (Lipinski definition) is 4. The van der Waals surface area contributed by atoms with Gasteiger partial charge in [-0.1, -0.05) is 60.1 Å². The standard InChI is InChI=1S/C24H22ClNO3/c1-15-21(24(28)29-14-16-8-3-2-4-9-16)22(17-10-5-6-11-18(17)25)23-19(26-15)12-7-13-20(23)27/h2-6,8-11,22,26H,7,12-14H2,1H3/t22-/m0/s1. The molecule has 0 unspecified atom stereocenters. The first-order valence-corrected chi connectivity index (χ1v) is 10.1. The van der Waals surface area contributed by atoms with Crippen LogP contribution in [0.25, 0.3) is 0 Å². The van der Waals surface area contributed by atoms with Crippen LogP contribution >= 0.6 is 11.6 Å². The monoisotopic (exact) mass is 407 g/mol. The number of ether oxygens (including phenoxy) is 1. The third kappa shape index (κ3) is 3.85. The van der Waals surface area contributed by atoms with Crippen molar-refractivity contribution in [2.45, 2.75) is 38.7 Å². The molecule has 0 amide bonds. The first-order valence-electron chi connectivity index (χ1n) is 9.75. The number of nitrogens with one attached hydrogen (secondary N) is 1. The van der Waals surface area contributed by atoms with Crippen LogP contribution in [0.15, 0.2) is 77.1 Å². The van der Waals surface area contributed by atoms with Crippen molar-refractivity contribution in [2.24, 2.45) is 0 Å². The first-order chi connectivity index (χ1) is 14.1. The van der Waals surface area contributed by atoms with Gasteiger partial charge in [-0.15, -0.1) is 0 Å². The zero-order valence-electron chi connectivity index (χ0n) is 16.2. The van der Waals surface area contributed by atoms with Gasteiger partial charge in [-0.05, 0) is 37.0 Å². The predicted molar refractivity (Wildman–Crippen MR) is 112 cm³/mol. The Hall–Kier alpha value is -2.85. The summed E-state index contributed by atoms with van der Waals surface area (Å²) < 4.78 is 5.63. The molecule has 148 valence electrons. The predicted octanol–water partition coefficient (Wildman–Crippen LogP) is 5.05. The minimum absolute atomic E-state index is 0.0597. The van der Waals surface area contributed by atoms with Crippen LogP contribution in [0, 0.1) is 0 Å². The lowest BCUT2D eigenvalue weighted by Gasteiger charge is -2.34. The van der Waals surface area contributed by atoms with Crippen molar-refractivity contribution < 1.29 is 14.3 Å². The van der Waals surface area contributed by atoms with Gasteiger partial charge >= 0.3 is 5.97 Å². The van der Waals surface area contributed by atoms with E-state index in [4.69, 9.17) is 16.3 Å². The first kappa shape index (κ1) is 19.5. The van der Waals surface area contributed by atoms with Crippen LogP contribution in [0.4, 0.5) is 0 Å². The largest absolute Gasteiger partial charge is 0.457 e. The summed E-state index contributed by atoms with van der Waals surface area (Å²) in [5.74, 6) is -0.894. The van der Waals surface area contributed by atoms with E-state index in [9.17, 15) is 9.59 Å². The second-order valence-electron chi connectivity index (χ2n) is 7.35. The summed E-state index contributed by atoms with van der Waals surface area (Å²) in [6.07, 6.45) is 2.07. The van der Waals surface area contributed by atoms with E-state index in [-0.39, 0.29) is 12.4 Å². The van der Waals surface area contributed by atoms with E-state index < -0.39 is 11.9 Å². The third-order valence-electron chi connectivity index (χ3n) is 5.42. The molecule has 0 spiro atoms. The van der Waals surface area contributed by atoms with Crippen molar-refractivity contribution in [1.29, 1.82) is 0 Å². The topological polar surface area (TPSA) is 55.4 Å². The molecule has 1 N–H and O–H groups in total. The van der Waals surface area contributed by atoms with Gasteiger partial charge < -0.3 is 10.1 Å². The van der Waals surface area contributed by atoms with Crippen LogP contribution < -0.4 is 5.32 Å². The molecule has 1 heterocycles. The maximum absolute atomic E-state index is 13.2. The van der Waals surface area contributed by atoms with Gasteiger partial charge in [0.25, 0.3) is 0 Å². The lowest BCUT2D eigenvalue weighted by Crippen LogP contribution is -2.34. The third-order valence-corrected chi connectivity index (χ3v) is 5.77. The molecule has 0 bridgehead atoms. The molecule has 1 aliphatic carbocycles. The molecule has 0 radical (unpaired) electrons. The Labute approximate surface area is 175 Å². The van der Waals surface area contributed by atoms with Crippen molar-refractivity contribution in [3.63, 3.8) is 0 Å². The molecule has 1 atom stereocenters. The van der Waals surface area contributed by atoms with E-state index >= 15 is 0 Å². The minimum Gasteiger partial charge on any atom is -0.457 e. The highest BCUT2D eigenvalue weighted by Gasteiger charge is 2.39. The van der Waals surface area contributed by atoms with Crippen LogP contribution in [0.3, 0.4) is 0 Å². The summed E-state index contributed by atoms with van der Waals surface area (Å²) >= 11 is 6.50. The lowest BCUT2D eigenvalue weighted by molar-refractivity contribution is -0.140. The van der Waals surface area contributed by atoms with Crippen molar-refractivity contribution in [2.75, 3.05) is 0 Å². The number of ketones is 1. The van der Waals surface area contributed by atoms with Crippen LogP contribution in [-0.4, -0.2) is 11.8 Å². The number of Topliss-reactive ketones (excluding diaryl/α,β-unsaturated/α-hetero) is 1. The lowest BCUT2D eigenvalue weighted by atomic mass is 9.75. The second kappa shape index (κ2) is 8.26. The number of allylic oxidation sites excluding steroid dienone is 3. The molecule has 4 rings (SSSR count). The van der Waals surface area contributed by atoms with Gasteiger partial charge in [0.2, 0.25) is 0 Å². The summed E-state index contributed by atoms with van der Waals surface area (Å²) in [5.41, 5.74) is 4.35. The van der Waals surface area contributed by atoms with Crippen LogP contribution in [0.1, 0.15) is 43.2 Å². The fourth-order valence-corrected chi connectivity index (χ4v) is 4.32. The number of hydrogen-bond donors (Lipinski definition) is 1. The summed E-state index contributed by atoms with van der Waals surface area (Å²) in [4.78, 5) is 26.0. The molecule has 0 fully saturated rings. The smallest absolute Gasteiger partial charge is 0.337 e. The molecule has 1 aliphatic heterocycles. The highest BCUT2D eigenvalue weighted by atomic mass is 35.5. The Balaban J connectivity index is 1.73. The van der Waals surface area contributed by atoms with Gasteiger partial charge in [-0.3, -0.25) is 4.79 Å². The molecular weight excluding hydrogens is 386 g/mol. The highest BCUT2D eigenvalue weighted by Crippen LogP contribution is 2.44. The number of esters is 1. The van der Waals surface area contributed by atoms with Crippen LogP contribution in [0.5, 0.6) is 0 Å². The molecule has 0 saturated carbocycles. The Kier molecular flexibility index (Phi) is 5.54. The Morgan fingerprint density at radius 1 is 1.10 bits per heavy atom. The van der Waals surface area contributed by atoms with E-state index in [0.717, 1.165) is 29.7 Å². The van der Waals surface area contributed by atoms with Crippen molar-refractivity contribution in [1.82, 2.24) is 5.32 Å². The van der Waals surface area contributed by atoms with Gasteiger partial charge in [0, 0.05) is 34.3 Å². The summed E-state index contributed by atoms with van der Waals surface area (Å²) in [5, 5.41) is 3.82. The Bertz CT molecular complexity index is 1020. The number of benzene rings is 2. The molecule has 0 aromatic heterocycles. The SMILES string of the molecule is CC1=C(C(=O)OCc2ccccc2)[C@H](c2ccccc2Cl)C2=C(CCCC2=O)N1. The quantitative estimate of drug-likeness (QED) is 0.720. The summed E-state index contributed by atoms with van der Waals surface area (Å²) in [7, 11) is 0. The molecule has 2 aliphatic rings. The number of rotatable bonds is 4. The number of carbonyl (C=O) groups is 2. The van der Waals surface area contributed by atoms with E-state index in [2.05, 4.69) is 5.32 Å². The molecular formula is C24H22ClNO3. The average Bonchev–Trinajstić information content (AvgIpc) is 2.72. The molecule has 29 heavy (non-hydrogen) atoms. The van der Waals surface area contributed by atoms with Gasteiger partial charge in [0.1, 0.15) is 6.61 Å². The van der Waals surface area contributed by atoms with Crippen molar-refractivity contribution in [3.05, 3.63) is 93.3 Å². The van der Waals surface area contributed by atoms with Gasteiger partial charge in [0.15, 0.2) is 5.78 Å². The van der Waals surface area contributed by atoms with E-state index in [1.807, 2.05) is 55.5 Å². The molecule has 0 saturated heterocycles. The maximum Gasteiger partial charge on any atom is 0.337 e. The highest BCUT2D eigenvalue weighted by molar-refractivity contribution is 6.31. The fraction of sp³-hybridized carbons (Fsp3) is 0.250. The van der Waals surface area contributed by atoms with Gasteiger partial charge in [-0.25, -0.2) is 4.79 Å². The van der Waals surface area contributed by atoms with Gasteiger partial charge in [-0.2, -0.15) is 0 Å². The van der Waals surface area contributed by atoms with Crippen molar-refractivity contribution >= 4 is 23.4 Å². The minimum atomic E-state index is -0.518. The normalized spacial score (nSPS) is 19.0. The number of dihydropyridines is 1. The molecule has 2 aromatic rings. The summed E-state index contributed by atoms with van der Waals surface area (Å²) in [6, 6.07) is 16.9. The fourth-order valence-electron chi connectivity index (χ4n) is 4.07. The van der Waals surface area contributed by atoms with E-state index in [0.29, 0.717) is 28.3 Å². The second-order valence-corrected chi connectivity index (χ2v) is 7.76. The number of halogens is 1. The number of carbonyl (C=O) groups excluding carboxylic acids is 2. The van der Waals surface area contributed by atoms with E-state index in [1.165, 1.54) is 0 Å². The van der Waals surface area contributed by atoms with Crippen LogP contribution in [0.2, 0.25) is 5.02 Å². The van der Waals surface area contributed by atoms with Crippen molar-refractivity contribution in [3.8, 4) is 0 Å². The van der Waals surface area contributed by atoms with E-state index in [1.54, 1.807) is 6.07 Å². The summed E-state index contributed by atoms with van der Waals surface area (Å²) in [6.45, 7) is 2.03. The molecule has 5 heteroatoms. The molecule has 2 aromatic carbocycles. The zero-order valence-corrected chi connectivity index (χ0v) is 17.0. The zero-order chi connectivity index (χ0) is 20.4. The average molecular weight is 408 g/mol. The van der Waals surface area contributed by atoms with Crippen LogP contribution in [-0.2, 0) is 20.9 Å². The Morgan fingerprint density at radius 2 is 1.83 bits per heavy atom.